The Bertz CT molecular complexity index is 823. The molecule has 1 aromatic heterocycles. The normalized spacial score (nSPS) is 20.3. The Morgan fingerprint density at radius 3 is 2.63 bits per heavy atom. The zero-order chi connectivity index (χ0) is 20.1. The maximum absolute atomic E-state index is 5.61. The van der Waals surface area contributed by atoms with Crippen LogP contribution in [0.25, 0.3) is 0 Å². The standard InChI is InChI=1S/C23H31N5O.HI/c1-18-16-28(12-13-29-18)21-9-8-19(14-25-21)15-26-22(24-2)27-17-23(10-11-23)20-6-4-3-5-7-20;/h3-9,14,18H,10-13,15-17H2,1-2H3,(H2,24,26,27);1H. The van der Waals surface area contributed by atoms with Gasteiger partial charge in [-0.05, 0) is 37.0 Å². The van der Waals surface area contributed by atoms with Crippen LogP contribution in [-0.2, 0) is 16.7 Å². The van der Waals surface area contributed by atoms with Gasteiger partial charge in [-0.1, -0.05) is 36.4 Å². The summed E-state index contributed by atoms with van der Waals surface area (Å²) in [4.78, 5) is 11.3. The number of pyridine rings is 1. The predicted molar refractivity (Wildman–Crippen MR) is 133 cm³/mol. The van der Waals surface area contributed by atoms with Crippen molar-refractivity contribution in [2.24, 2.45) is 4.99 Å². The molecule has 0 bridgehead atoms. The first-order valence-corrected chi connectivity index (χ1v) is 10.5. The molecule has 1 aliphatic carbocycles. The van der Waals surface area contributed by atoms with Crippen molar-refractivity contribution in [1.82, 2.24) is 15.6 Å². The van der Waals surface area contributed by atoms with Gasteiger partial charge in [0.25, 0.3) is 0 Å². The number of hydrogen-bond donors (Lipinski definition) is 2. The summed E-state index contributed by atoms with van der Waals surface area (Å²) in [5.74, 6) is 1.85. The molecule has 0 amide bonds. The van der Waals surface area contributed by atoms with Crippen molar-refractivity contribution in [2.45, 2.75) is 37.8 Å². The van der Waals surface area contributed by atoms with Gasteiger partial charge < -0.3 is 20.3 Å². The lowest BCUT2D eigenvalue weighted by Gasteiger charge is -2.32. The molecular formula is C23H32IN5O. The minimum absolute atomic E-state index is 0. The number of halogens is 1. The van der Waals surface area contributed by atoms with Crippen molar-refractivity contribution >= 4 is 35.8 Å². The van der Waals surface area contributed by atoms with Crippen molar-refractivity contribution in [3.8, 4) is 0 Å². The van der Waals surface area contributed by atoms with E-state index in [2.05, 4.69) is 74.9 Å². The van der Waals surface area contributed by atoms with Crippen molar-refractivity contribution in [1.29, 1.82) is 0 Å². The maximum atomic E-state index is 5.61. The summed E-state index contributed by atoms with van der Waals surface area (Å²) < 4.78 is 5.61. The highest BCUT2D eigenvalue weighted by atomic mass is 127. The smallest absolute Gasteiger partial charge is 0.191 e. The Balaban J connectivity index is 0.00000256. The van der Waals surface area contributed by atoms with Crippen LogP contribution >= 0.6 is 24.0 Å². The predicted octanol–water partition coefficient (Wildman–Crippen LogP) is 3.32. The summed E-state index contributed by atoms with van der Waals surface area (Å²) in [6, 6.07) is 15.0. The summed E-state index contributed by atoms with van der Waals surface area (Å²) >= 11 is 0. The number of anilines is 1. The SMILES string of the molecule is CN=C(NCc1ccc(N2CCOC(C)C2)nc1)NCC1(c2ccccc2)CC1.I. The van der Waals surface area contributed by atoms with E-state index >= 15 is 0 Å². The van der Waals surface area contributed by atoms with Crippen LogP contribution in [0.15, 0.2) is 53.7 Å². The lowest BCUT2D eigenvalue weighted by Crippen LogP contribution is -2.41. The zero-order valence-corrected chi connectivity index (χ0v) is 20.1. The zero-order valence-electron chi connectivity index (χ0n) is 17.8. The van der Waals surface area contributed by atoms with Crippen LogP contribution in [-0.4, -0.2) is 50.3 Å². The number of guanidine groups is 1. The first-order chi connectivity index (χ1) is 14.2. The largest absolute Gasteiger partial charge is 0.375 e. The van der Waals surface area contributed by atoms with Crippen LogP contribution in [0.4, 0.5) is 5.82 Å². The Labute approximate surface area is 196 Å². The topological polar surface area (TPSA) is 61.8 Å². The minimum atomic E-state index is 0. The van der Waals surface area contributed by atoms with Crippen LogP contribution in [0.5, 0.6) is 0 Å². The van der Waals surface area contributed by atoms with Crippen LogP contribution in [0.1, 0.15) is 30.9 Å². The second kappa shape index (κ2) is 10.4. The molecule has 1 aliphatic heterocycles. The second-order valence-electron chi connectivity index (χ2n) is 8.08. The molecule has 1 atom stereocenters. The van der Waals surface area contributed by atoms with E-state index in [0.717, 1.165) is 43.6 Å². The molecule has 1 saturated carbocycles. The molecule has 7 heteroatoms. The van der Waals surface area contributed by atoms with Crippen molar-refractivity contribution in [3.63, 3.8) is 0 Å². The van der Waals surface area contributed by atoms with E-state index in [1.807, 2.05) is 13.2 Å². The van der Waals surface area contributed by atoms with Crippen molar-refractivity contribution < 1.29 is 4.74 Å². The number of benzene rings is 1. The summed E-state index contributed by atoms with van der Waals surface area (Å²) in [6.45, 7) is 6.26. The Kier molecular flexibility index (Phi) is 7.93. The minimum Gasteiger partial charge on any atom is -0.375 e. The fraction of sp³-hybridized carbons (Fsp3) is 0.478. The molecule has 1 unspecified atom stereocenters. The van der Waals surface area contributed by atoms with Gasteiger partial charge in [0, 0.05) is 44.8 Å². The lowest BCUT2D eigenvalue weighted by molar-refractivity contribution is 0.0529. The van der Waals surface area contributed by atoms with Crippen molar-refractivity contribution in [2.75, 3.05) is 38.2 Å². The number of hydrogen-bond acceptors (Lipinski definition) is 4. The third kappa shape index (κ3) is 5.63. The number of ether oxygens (including phenoxy) is 1. The van der Waals surface area contributed by atoms with Crippen molar-refractivity contribution in [3.05, 3.63) is 59.8 Å². The Hall–Kier alpha value is -1.87. The third-order valence-corrected chi connectivity index (χ3v) is 5.89. The summed E-state index contributed by atoms with van der Waals surface area (Å²) in [6.07, 6.45) is 4.66. The van der Waals surface area contributed by atoms with Gasteiger partial charge >= 0.3 is 0 Å². The monoisotopic (exact) mass is 521 g/mol. The summed E-state index contributed by atoms with van der Waals surface area (Å²) in [7, 11) is 1.82. The first kappa shape index (κ1) is 22.8. The number of nitrogens with one attached hydrogen (secondary N) is 2. The van der Waals surface area contributed by atoms with Crippen LogP contribution < -0.4 is 15.5 Å². The first-order valence-electron chi connectivity index (χ1n) is 10.5. The third-order valence-electron chi connectivity index (χ3n) is 5.89. The van der Waals surface area contributed by atoms with Gasteiger partial charge in [0.15, 0.2) is 5.96 Å². The molecule has 162 valence electrons. The molecule has 2 N–H and O–H groups in total. The van der Waals surface area contributed by atoms with Gasteiger partial charge in [-0.15, -0.1) is 24.0 Å². The van der Waals surface area contributed by atoms with Gasteiger partial charge in [-0.3, -0.25) is 4.99 Å². The molecule has 1 aromatic carbocycles. The fourth-order valence-corrected chi connectivity index (χ4v) is 3.90. The molecule has 2 aromatic rings. The lowest BCUT2D eigenvalue weighted by atomic mass is 9.96. The highest BCUT2D eigenvalue weighted by Gasteiger charge is 2.43. The highest BCUT2D eigenvalue weighted by molar-refractivity contribution is 14.0. The van der Waals surface area contributed by atoms with Crippen LogP contribution in [0.2, 0.25) is 0 Å². The molecule has 2 fully saturated rings. The van der Waals surface area contributed by atoms with Gasteiger partial charge in [-0.2, -0.15) is 0 Å². The molecule has 6 nitrogen and oxygen atoms in total. The Morgan fingerprint density at radius 2 is 2.00 bits per heavy atom. The molecule has 0 spiro atoms. The van der Waals surface area contributed by atoms with E-state index in [0.29, 0.717) is 6.54 Å². The number of aromatic nitrogens is 1. The number of aliphatic imine (C=N–C) groups is 1. The average molecular weight is 521 g/mol. The number of rotatable bonds is 6. The van der Waals surface area contributed by atoms with E-state index in [-0.39, 0.29) is 35.5 Å². The van der Waals surface area contributed by atoms with E-state index in [4.69, 9.17) is 4.74 Å². The molecule has 2 heterocycles. The van der Waals surface area contributed by atoms with Crippen LogP contribution in [0.3, 0.4) is 0 Å². The molecule has 4 rings (SSSR count). The number of nitrogens with zero attached hydrogens (tertiary/aromatic N) is 3. The van der Waals surface area contributed by atoms with Crippen LogP contribution in [0, 0.1) is 0 Å². The maximum Gasteiger partial charge on any atom is 0.191 e. The van der Waals surface area contributed by atoms with E-state index in [1.165, 1.54) is 18.4 Å². The summed E-state index contributed by atoms with van der Waals surface area (Å²) in [5.41, 5.74) is 2.82. The Morgan fingerprint density at radius 1 is 1.20 bits per heavy atom. The summed E-state index contributed by atoms with van der Waals surface area (Å²) in [5, 5.41) is 6.91. The van der Waals surface area contributed by atoms with Gasteiger partial charge in [-0.25, -0.2) is 4.98 Å². The molecule has 30 heavy (non-hydrogen) atoms. The van der Waals surface area contributed by atoms with E-state index in [9.17, 15) is 0 Å². The van der Waals surface area contributed by atoms with Gasteiger partial charge in [0.2, 0.25) is 0 Å². The molecular weight excluding hydrogens is 489 g/mol. The van der Waals surface area contributed by atoms with E-state index < -0.39 is 0 Å². The highest BCUT2D eigenvalue weighted by Crippen LogP contribution is 2.47. The molecule has 1 saturated heterocycles. The quantitative estimate of drug-likeness (QED) is 0.347. The van der Waals surface area contributed by atoms with Gasteiger partial charge in [0.05, 0.1) is 12.7 Å². The average Bonchev–Trinajstić information content (AvgIpc) is 3.56. The number of morpholine rings is 1. The van der Waals surface area contributed by atoms with Gasteiger partial charge in [0.1, 0.15) is 5.82 Å². The second-order valence-corrected chi connectivity index (χ2v) is 8.08. The molecule has 2 aliphatic rings. The fourth-order valence-electron chi connectivity index (χ4n) is 3.90. The van der Waals surface area contributed by atoms with E-state index in [1.54, 1.807) is 0 Å². The molecule has 0 radical (unpaired) electrons.